The predicted octanol–water partition coefficient (Wildman–Crippen LogP) is 3.01. The molecule has 11 nitrogen and oxygen atoms in total. The van der Waals surface area contributed by atoms with Crippen molar-refractivity contribution in [3.63, 3.8) is 0 Å². The normalized spacial score (nSPS) is 28.6. The van der Waals surface area contributed by atoms with Crippen molar-refractivity contribution in [2.75, 3.05) is 23.9 Å². The minimum atomic E-state index is -1.05. The van der Waals surface area contributed by atoms with Gasteiger partial charge >= 0.3 is 0 Å². The van der Waals surface area contributed by atoms with Crippen molar-refractivity contribution in [3.05, 3.63) is 33.6 Å². The van der Waals surface area contributed by atoms with Gasteiger partial charge in [0.2, 0.25) is 5.78 Å². The fourth-order valence-electron chi connectivity index (χ4n) is 5.38. The molecule has 0 aromatic carbocycles. The number of aromatic nitrogens is 4. The van der Waals surface area contributed by atoms with Gasteiger partial charge < -0.3 is 20.0 Å². The molecule has 0 aliphatic carbocycles. The number of Topliss-reactive ketones (excluding diaryl/α,β-unsaturated/α-hetero) is 1. The lowest BCUT2D eigenvalue weighted by Crippen LogP contribution is -2.57. The van der Waals surface area contributed by atoms with Crippen LogP contribution < -0.4 is 9.80 Å². The number of halogens is 2. The minimum Gasteiger partial charge on any atom is -0.372 e. The first-order chi connectivity index (χ1) is 18.4. The molecule has 2 aromatic rings. The quantitative estimate of drug-likeness (QED) is 0.543. The molecule has 2 N–H and O–H groups in total. The van der Waals surface area contributed by atoms with Gasteiger partial charge in [0.25, 0.3) is 0 Å². The molecule has 2 aromatic heterocycles. The van der Waals surface area contributed by atoms with Crippen LogP contribution in [0.25, 0.3) is 0 Å². The number of rotatable bonds is 4. The molecular formula is C27H40Cl2N8O3. The standard InChI is InChI=1S/C27H40Cl2N8O3/c1-13-24(39)36(17-11-15(26(3,4)5)20(28)32-30-17)22(34(13)9)19(38)23-35(10)14(2)25(40)37(23)18-12-16(27(6,7)8)21(29)33-31-18/h11-14,22-25,39-40H,1-10H3. The van der Waals surface area contributed by atoms with Crippen molar-refractivity contribution in [1.82, 2.24) is 30.2 Å². The lowest BCUT2D eigenvalue weighted by atomic mass is 9.88. The minimum absolute atomic E-state index is 0.267. The Balaban J connectivity index is 1.82. The molecule has 0 bridgehead atoms. The second-order valence-corrected chi connectivity index (χ2v) is 13.6. The number of aliphatic hydroxyl groups is 2. The lowest BCUT2D eigenvalue weighted by Gasteiger charge is -2.36. The Morgan fingerprint density at radius 2 is 1.05 bits per heavy atom. The van der Waals surface area contributed by atoms with Gasteiger partial charge in [-0.1, -0.05) is 64.7 Å². The summed E-state index contributed by atoms with van der Waals surface area (Å²) >= 11 is 12.8. The van der Waals surface area contributed by atoms with Crippen molar-refractivity contribution in [2.24, 2.45) is 0 Å². The number of ketones is 1. The van der Waals surface area contributed by atoms with Gasteiger partial charge in [0.1, 0.15) is 24.8 Å². The molecule has 40 heavy (non-hydrogen) atoms. The zero-order chi connectivity index (χ0) is 30.1. The van der Waals surface area contributed by atoms with Crippen molar-refractivity contribution >= 4 is 40.6 Å². The lowest BCUT2D eigenvalue weighted by molar-refractivity contribution is -0.127. The highest BCUT2D eigenvalue weighted by Crippen LogP contribution is 2.38. The Morgan fingerprint density at radius 1 is 0.725 bits per heavy atom. The summed E-state index contributed by atoms with van der Waals surface area (Å²) in [6.45, 7) is 15.7. The number of hydrogen-bond acceptors (Lipinski definition) is 11. The third-order valence-corrected chi connectivity index (χ3v) is 8.70. The number of likely N-dealkylation sites (N-methyl/N-ethyl adjacent to an activating group) is 2. The third-order valence-electron chi connectivity index (χ3n) is 8.14. The molecule has 4 heterocycles. The van der Waals surface area contributed by atoms with Gasteiger partial charge in [-0.15, -0.1) is 20.4 Å². The van der Waals surface area contributed by atoms with E-state index in [-0.39, 0.29) is 26.9 Å². The van der Waals surface area contributed by atoms with E-state index in [4.69, 9.17) is 23.2 Å². The van der Waals surface area contributed by atoms with E-state index in [1.807, 2.05) is 55.4 Å². The maximum atomic E-state index is 14.6. The number of aliphatic hydroxyl groups excluding tert-OH is 2. The van der Waals surface area contributed by atoms with Crippen LogP contribution in [0.4, 0.5) is 11.6 Å². The number of anilines is 2. The molecule has 2 aliphatic rings. The first-order valence-corrected chi connectivity index (χ1v) is 14.1. The van der Waals surface area contributed by atoms with E-state index < -0.39 is 36.9 Å². The van der Waals surface area contributed by atoms with Crippen LogP contribution in [0.15, 0.2) is 12.1 Å². The Morgan fingerprint density at radius 3 is 1.35 bits per heavy atom. The van der Waals surface area contributed by atoms with Crippen molar-refractivity contribution in [3.8, 4) is 0 Å². The largest absolute Gasteiger partial charge is 0.372 e. The van der Waals surface area contributed by atoms with E-state index in [1.54, 1.807) is 45.8 Å². The van der Waals surface area contributed by atoms with Crippen LogP contribution in [0.2, 0.25) is 10.3 Å². The number of hydrogen-bond donors (Lipinski definition) is 2. The van der Waals surface area contributed by atoms with Crippen molar-refractivity contribution < 1.29 is 15.0 Å². The molecule has 2 fully saturated rings. The first-order valence-electron chi connectivity index (χ1n) is 13.4. The number of nitrogens with zero attached hydrogens (tertiary/aromatic N) is 8. The Kier molecular flexibility index (Phi) is 8.16. The van der Waals surface area contributed by atoms with Crippen LogP contribution in [0, 0.1) is 0 Å². The topological polar surface area (TPSA) is 122 Å². The van der Waals surface area contributed by atoms with Crippen molar-refractivity contribution in [2.45, 2.75) is 103 Å². The maximum absolute atomic E-state index is 14.6. The van der Waals surface area contributed by atoms with Gasteiger partial charge in [-0.05, 0) is 50.9 Å². The molecule has 6 unspecified atom stereocenters. The SMILES string of the molecule is CC1C(O)N(c2cc(C(C)(C)C)c(Cl)nn2)C(C(=O)C2N(C)C(C)C(O)N2c2cc(C(C)(C)C)c(Cl)nn2)N1C. The second kappa shape index (κ2) is 10.6. The van der Waals surface area contributed by atoms with E-state index in [9.17, 15) is 15.0 Å². The summed E-state index contributed by atoms with van der Waals surface area (Å²) in [5.74, 6) is 0.386. The average Bonchev–Trinajstić information content (AvgIpc) is 3.22. The zero-order valence-electron chi connectivity index (χ0n) is 24.8. The molecule has 0 amide bonds. The summed E-state index contributed by atoms with van der Waals surface area (Å²) in [5.41, 5.74) is 0.802. The van der Waals surface area contributed by atoms with Crippen LogP contribution in [-0.2, 0) is 15.6 Å². The fraction of sp³-hybridized carbons (Fsp3) is 0.667. The molecular weight excluding hydrogens is 555 g/mol. The zero-order valence-corrected chi connectivity index (χ0v) is 26.3. The molecule has 4 rings (SSSR count). The van der Waals surface area contributed by atoms with Crippen LogP contribution in [0.3, 0.4) is 0 Å². The molecule has 0 saturated carbocycles. The summed E-state index contributed by atoms with van der Waals surface area (Å²) < 4.78 is 0. The first kappa shape index (κ1) is 30.8. The summed E-state index contributed by atoms with van der Waals surface area (Å²) in [7, 11) is 3.56. The summed E-state index contributed by atoms with van der Waals surface area (Å²) in [5, 5.41) is 40.1. The van der Waals surface area contributed by atoms with Crippen LogP contribution in [0.1, 0.15) is 66.5 Å². The van der Waals surface area contributed by atoms with E-state index in [1.165, 1.54) is 0 Å². The Bertz CT molecular complexity index is 1190. The number of carbonyl (C=O) groups excluding carboxylic acids is 1. The Labute approximate surface area is 246 Å². The van der Waals surface area contributed by atoms with E-state index >= 15 is 0 Å². The monoisotopic (exact) mass is 594 g/mol. The van der Waals surface area contributed by atoms with Gasteiger partial charge in [0, 0.05) is 11.1 Å². The summed E-state index contributed by atoms with van der Waals surface area (Å²) in [6.07, 6.45) is -3.95. The highest BCUT2D eigenvalue weighted by Gasteiger charge is 2.54. The average molecular weight is 596 g/mol. The highest BCUT2D eigenvalue weighted by molar-refractivity contribution is 6.30. The highest BCUT2D eigenvalue weighted by atomic mass is 35.5. The second-order valence-electron chi connectivity index (χ2n) is 12.9. The Hall–Kier alpha value is -2.15. The van der Waals surface area contributed by atoms with Crippen LogP contribution in [0.5, 0.6) is 0 Å². The van der Waals surface area contributed by atoms with E-state index in [2.05, 4.69) is 20.4 Å². The third kappa shape index (κ3) is 5.16. The summed E-state index contributed by atoms with van der Waals surface area (Å²) in [6, 6.07) is 2.74. The smallest absolute Gasteiger partial charge is 0.207 e. The molecule has 0 spiro atoms. The molecule has 0 radical (unpaired) electrons. The van der Waals surface area contributed by atoms with Gasteiger partial charge in [-0.3, -0.25) is 14.6 Å². The van der Waals surface area contributed by atoms with Gasteiger partial charge in [-0.2, -0.15) is 0 Å². The van der Waals surface area contributed by atoms with Gasteiger partial charge in [0.15, 0.2) is 21.9 Å². The van der Waals surface area contributed by atoms with Gasteiger partial charge in [-0.25, -0.2) is 0 Å². The predicted molar refractivity (Wildman–Crippen MR) is 155 cm³/mol. The molecule has 13 heteroatoms. The summed E-state index contributed by atoms with van der Waals surface area (Å²) in [4.78, 5) is 21.3. The fourth-order valence-corrected chi connectivity index (χ4v) is 6.13. The van der Waals surface area contributed by atoms with Crippen LogP contribution in [-0.4, -0.2) is 97.2 Å². The maximum Gasteiger partial charge on any atom is 0.207 e. The molecule has 220 valence electrons. The molecule has 2 aliphatic heterocycles. The van der Waals surface area contributed by atoms with Crippen LogP contribution >= 0.6 is 23.2 Å². The number of carbonyl (C=O) groups is 1. The van der Waals surface area contributed by atoms with E-state index in [0.29, 0.717) is 11.6 Å². The van der Waals surface area contributed by atoms with Crippen molar-refractivity contribution in [1.29, 1.82) is 0 Å². The van der Waals surface area contributed by atoms with E-state index in [0.717, 1.165) is 11.1 Å². The molecule has 6 atom stereocenters. The van der Waals surface area contributed by atoms with Gasteiger partial charge in [0.05, 0.1) is 12.1 Å². The molecule has 2 saturated heterocycles.